The van der Waals surface area contributed by atoms with Gasteiger partial charge in [-0.05, 0) is 19.3 Å². The number of aliphatic carboxylic acids is 1. The first-order valence-electron chi connectivity index (χ1n) is 5.23. The van der Waals surface area contributed by atoms with Gasteiger partial charge in [-0.2, -0.15) is 0 Å². The van der Waals surface area contributed by atoms with Crippen LogP contribution in [-0.2, 0) is 9.59 Å². The van der Waals surface area contributed by atoms with Crippen molar-refractivity contribution in [1.29, 1.82) is 0 Å². The number of carboxylic acids is 1. The van der Waals surface area contributed by atoms with E-state index in [1.165, 1.54) is 0 Å². The number of hydrogen-bond acceptors (Lipinski definition) is 3. The molecule has 0 spiro atoms. The standard InChI is InChI=1S/C10H14BrNO3/c11-5-1-2-8-6(3-5)9(13)7(4-12-8)10(14)15/h5-8,12H,1-4H2,(H,14,15). The van der Waals surface area contributed by atoms with E-state index in [9.17, 15) is 9.59 Å². The third kappa shape index (κ3) is 2.08. The number of fused-ring (bicyclic) bond motifs is 1. The first-order chi connectivity index (χ1) is 7.09. The highest BCUT2D eigenvalue weighted by Gasteiger charge is 2.43. The van der Waals surface area contributed by atoms with Crippen molar-refractivity contribution in [2.24, 2.45) is 11.8 Å². The van der Waals surface area contributed by atoms with Crippen LogP contribution < -0.4 is 5.32 Å². The highest BCUT2D eigenvalue weighted by molar-refractivity contribution is 9.09. The van der Waals surface area contributed by atoms with Gasteiger partial charge >= 0.3 is 5.97 Å². The predicted octanol–water partition coefficient (Wildman–Crippen LogP) is 0.792. The van der Waals surface area contributed by atoms with Crippen LogP contribution in [0.4, 0.5) is 0 Å². The Hall–Kier alpha value is -0.420. The van der Waals surface area contributed by atoms with E-state index in [0.29, 0.717) is 11.4 Å². The van der Waals surface area contributed by atoms with Gasteiger partial charge in [-0.15, -0.1) is 0 Å². The fourth-order valence-electron chi connectivity index (χ4n) is 2.52. The Morgan fingerprint density at radius 1 is 1.47 bits per heavy atom. The second-order valence-electron chi connectivity index (χ2n) is 4.32. The van der Waals surface area contributed by atoms with E-state index in [-0.39, 0.29) is 17.7 Å². The zero-order valence-electron chi connectivity index (χ0n) is 8.28. The minimum Gasteiger partial charge on any atom is -0.481 e. The Bertz CT molecular complexity index is 294. The monoisotopic (exact) mass is 275 g/mol. The molecule has 5 heteroatoms. The molecule has 4 atom stereocenters. The topological polar surface area (TPSA) is 66.4 Å². The number of hydrogen-bond donors (Lipinski definition) is 2. The lowest BCUT2D eigenvalue weighted by Crippen LogP contribution is -2.55. The van der Waals surface area contributed by atoms with E-state index >= 15 is 0 Å². The fraction of sp³-hybridized carbons (Fsp3) is 0.800. The number of nitrogens with one attached hydrogen (secondary N) is 1. The van der Waals surface area contributed by atoms with Crippen molar-refractivity contribution < 1.29 is 14.7 Å². The largest absolute Gasteiger partial charge is 0.481 e. The SMILES string of the molecule is O=C(O)C1CNC2CCC(Br)CC2C1=O. The summed E-state index contributed by atoms with van der Waals surface area (Å²) in [6, 6.07) is 0.196. The molecule has 1 aliphatic heterocycles. The molecule has 0 bridgehead atoms. The molecular formula is C10H14BrNO3. The summed E-state index contributed by atoms with van der Waals surface area (Å²) in [6.45, 7) is 0.294. The Balaban J connectivity index is 2.11. The van der Waals surface area contributed by atoms with Crippen molar-refractivity contribution >= 4 is 27.7 Å². The number of carbonyl (C=O) groups is 2. The van der Waals surface area contributed by atoms with Gasteiger partial charge in [0.15, 0.2) is 5.78 Å². The number of rotatable bonds is 1. The number of alkyl halides is 1. The maximum Gasteiger partial charge on any atom is 0.315 e. The van der Waals surface area contributed by atoms with E-state index in [2.05, 4.69) is 21.2 Å². The van der Waals surface area contributed by atoms with Crippen molar-refractivity contribution in [2.75, 3.05) is 6.54 Å². The second kappa shape index (κ2) is 4.22. The molecule has 4 unspecified atom stereocenters. The molecule has 2 aliphatic rings. The summed E-state index contributed by atoms with van der Waals surface area (Å²) in [5, 5.41) is 12.1. The molecule has 0 amide bonds. The summed E-state index contributed by atoms with van der Waals surface area (Å²) in [6.07, 6.45) is 2.78. The average Bonchev–Trinajstić information content (AvgIpc) is 2.19. The van der Waals surface area contributed by atoms with Crippen LogP contribution in [0.2, 0.25) is 0 Å². The molecule has 2 N–H and O–H groups in total. The molecule has 15 heavy (non-hydrogen) atoms. The molecule has 1 heterocycles. The number of Topliss-reactive ketones (excluding diaryl/α,β-unsaturated/α-hetero) is 1. The van der Waals surface area contributed by atoms with Crippen molar-refractivity contribution in [3.63, 3.8) is 0 Å². The molecule has 1 saturated heterocycles. The summed E-state index contributed by atoms with van der Waals surface area (Å²) in [5.41, 5.74) is 0. The van der Waals surface area contributed by atoms with Crippen LogP contribution in [0.3, 0.4) is 0 Å². The summed E-state index contributed by atoms with van der Waals surface area (Å²) in [5.74, 6) is -2.04. The Morgan fingerprint density at radius 3 is 2.87 bits per heavy atom. The van der Waals surface area contributed by atoms with Gasteiger partial charge in [-0.1, -0.05) is 15.9 Å². The zero-order valence-corrected chi connectivity index (χ0v) is 9.87. The van der Waals surface area contributed by atoms with Gasteiger partial charge in [0.1, 0.15) is 5.92 Å². The first kappa shape index (κ1) is 11.1. The smallest absolute Gasteiger partial charge is 0.315 e. The molecule has 2 rings (SSSR count). The maximum atomic E-state index is 11.9. The van der Waals surface area contributed by atoms with Crippen LogP contribution in [-0.4, -0.2) is 34.3 Å². The first-order valence-corrected chi connectivity index (χ1v) is 6.15. The number of carboxylic acid groups (broad SMARTS) is 1. The normalized spacial score (nSPS) is 41.0. The van der Waals surface area contributed by atoms with Gasteiger partial charge in [0.25, 0.3) is 0 Å². The number of ketones is 1. The minimum atomic E-state index is -0.998. The lowest BCUT2D eigenvalue weighted by atomic mass is 9.75. The van der Waals surface area contributed by atoms with Crippen LogP contribution in [0.15, 0.2) is 0 Å². The average molecular weight is 276 g/mol. The molecule has 0 radical (unpaired) electrons. The lowest BCUT2D eigenvalue weighted by Gasteiger charge is -2.39. The number of piperidine rings is 1. The minimum absolute atomic E-state index is 0.0876. The lowest BCUT2D eigenvalue weighted by molar-refractivity contribution is -0.149. The van der Waals surface area contributed by atoms with Crippen molar-refractivity contribution in [3.8, 4) is 0 Å². The van der Waals surface area contributed by atoms with E-state index < -0.39 is 11.9 Å². The van der Waals surface area contributed by atoms with E-state index in [4.69, 9.17) is 5.11 Å². The van der Waals surface area contributed by atoms with Crippen LogP contribution >= 0.6 is 15.9 Å². The summed E-state index contributed by atoms with van der Waals surface area (Å²) in [4.78, 5) is 23.1. The van der Waals surface area contributed by atoms with E-state index in [1.54, 1.807) is 0 Å². The van der Waals surface area contributed by atoms with Gasteiger partial charge in [0.2, 0.25) is 0 Å². The predicted molar refractivity (Wildman–Crippen MR) is 58.0 cm³/mol. The van der Waals surface area contributed by atoms with Gasteiger partial charge in [0, 0.05) is 23.3 Å². The van der Waals surface area contributed by atoms with Crippen LogP contribution in [0.5, 0.6) is 0 Å². The Morgan fingerprint density at radius 2 is 2.20 bits per heavy atom. The quantitative estimate of drug-likeness (QED) is 0.549. The van der Waals surface area contributed by atoms with Gasteiger partial charge < -0.3 is 10.4 Å². The molecule has 1 saturated carbocycles. The number of halogens is 1. The molecule has 1 aliphatic carbocycles. The van der Waals surface area contributed by atoms with Crippen LogP contribution in [0, 0.1) is 11.8 Å². The van der Waals surface area contributed by atoms with Gasteiger partial charge in [-0.25, -0.2) is 0 Å². The molecule has 0 aromatic heterocycles. The third-order valence-electron chi connectivity index (χ3n) is 3.38. The van der Waals surface area contributed by atoms with Crippen molar-refractivity contribution in [3.05, 3.63) is 0 Å². The second-order valence-corrected chi connectivity index (χ2v) is 5.62. The Kier molecular flexibility index (Phi) is 3.11. The highest BCUT2D eigenvalue weighted by atomic mass is 79.9. The van der Waals surface area contributed by atoms with Gasteiger partial charge in [0.05, 0.1) is 0 Å². The van der Waals surface area contributed by atoms with Crippen molar-refractivity contribution in [2.45, 2.75) is 30.1 Å². The molecule has 0 aromatic rings. The summed E-state index contributed by atoms with van der Waals surface area (Å²) < 4.78 is 0. The van der Waals surface area contributed by atoms with Crippen LogP contribution in [0.25, 0.3) is 0 Å². The van der Waals surface area contributed by atoms with Crippen molar-refractivity contribution in [1.82, 2.24) is 5.32 Å². The molecule has 2 fully saturated rings. The molecule has 84 valence electrons. The van der Waals surface area contributed by atoms with E-state index in [1.807, 2.05) is 0 Å². The number of carbonyl (C=O) groups excluding carboxylic acids is 1. The molecule has 4 nitrogen and oxygen atoms in total. The van der Waals surface area contributed by atoms with Crippen LogP contribution in [0.1, 0.15) is 19.3 Å². The summed E-state index contributed by atoms with van der Waals surface area (Å²) >= 11 is 3.51. The fourth-order valence-corrected chi connectivity index (χ4v) is 3.18. The third-order valence-corrected chi connectivity index (χ3v) is 4.21. The zero-order chi connectivity index (χ0) is 11.0. The van der Waals surface area contributed by atoms with Gasteiger partial charge in [-0.3, -0.25) is 9.59 Å². The Labute approximate surface area is 96.5 Å². The summed E-state index contributed by atoms with van der Waals surface area (Å²) in [7, 11) is 0. The maximum absolute atomic E-state index is 11.9. The molecule has 0 aromatic carbocycles. The highest BCUT2D eigenvalue weighted by Crippen LogP contribution is 2.33. The van der Waals surface area contributed by atoms with E-state index in [0.717, 1.165) is 19.3 Å². The molecular weight excluding hydrogens is 262 g/mol.